The molecule has 3 aromatic heterocycles. The number of anilines is 1. The summed E-state index contributed by atoms with van der Waals surface area (Å²) in [6.07, 6.45) is 7.71. The molecule has 5 heterocycles. The Morgan fingerprint density at radius 3 is 2.42 bits per heavy atom. The second kappa shape index (κ2) is 7.67. The predicted octanol–water partition coefficient (Wildman–Crippen LogP) is 3.14. The fraction of sp³-hybridized carbons (Fsp3) is 0.280. The quantitative estimate of drug-likeness (QED) is 0.449. The SMILES string of the molecule is NC(=O)c1c(C2C[C@H]3CC[C@@H](C2)N3)nc2c(-c3ccc(-c4ccccc4)nc3)cnn2c1N. The van der Waals surface area contributed by atoms with Crippen LogP contribution in [0.25, 0.3) is 28.0 Å². The van der Waals surface area contributed by atoms with E-state index in [-0.39, 0.29) is 11.7 Å². The van der Waals surface area contributed by atoms with Crippen LogP contribution in [-0.4, -0.2) is 37.6 Å². The van der Waals surface area contributed by atoms with E-state index < -0.39 is 5.91 Å². The highest BCUT2D eigenvalue weighted by atomic mass is 16.1. The van der Waals surface area contributed by atoms with E-state index in [0.29, 0.717) is 29.0 Å². The molecule has 1 unspecified atom stereocenters. The summed E-state index contributed by atoms with van der Waals surface area (Å²) in [6.45, 7) is 0. The lowest BCUT2D eigenvalue weighted by molar-refractivity contribution is 0.0998. The second-order valence-electron chi connectivity index (χ2n) is 9.02. The van der Waals surface area contributed by atoms with Crippen molar-refractivity contribution in [2.24, 2.45) is 5.73 Å². The van der Waals surface area contributed by atoms with Gasteiger partial charge in [0.05, 0.1) is 17.6 Å². The number of carbonyl (C=O) groups is 1. The fourth-order valence-corrected chi connectivity index (χ4v) is 5.40. The number of primary amides is 1. The number of rotatable bonds is 4. The van der Waals surface area contributed by atoms with Crippen LogP contribution in [0, 0.1) is 0 Å². The van der Waals surface area contributed by atoms with Crippen LogP contribution in [0.3, 0.4) is 0 Å². The van der Waals surface area contributed by atoms with Crippen LogP contribution >= 0.6 is 0 Å². The molecule has 0 radical (unpaired) electrons. The average molecular weight is 440 g/mol. The molecule has 0 saturated carbocycles. The van der Waals surface area contributed by atoms with E-state index in [1.165, 1.54) is 4.52 Å². The van der Waals surface area contributed by atoms with Crippen LogP contribution in [0.2, 0.25) is 0 Å². The molecule has 3 atom stereocenters. The van der Waals surface area contributed by atoms with E-state index in [0.717, 1.165) is 48.1 Å². The first-order valence-corrected chi connectivity index (χ1v) is 11.3. The lowest BCUT2D eigenvalue weighted by Gasteiger charge is -2.29. The number of hydrogen-bond acceptors (Lipinski definition) is 6. The van der Waals surface area contributed by atoms with Gasteiger partial charge in [0.25, 0.3) is 5.91 Å². The van der Waals surface area contributed by atoms with Gasteiger partial charge in [0, 0.05) is 40.9 Å². The zero-order valence-corrected chi connectivity index (χ0v) is 18.1. The number of amides is 1. The van der Waals surface area contributed by atoms with E-state index in [4.69, 9.17) is 16.5 Å². The summed E-state index contributed by atoms with van der Waals surface area (Å²) in [4.78, 5) is 22.0. The first-order valence-electron chi connectivity index (χ1n) is 11.3. The lowest BCUT2D eigenvalue weighted by Crippen LogP contribution is -2.38. The first kappa shape index (κ1) is 19.9. The van der Waals surface area contributed by atoms with Crippen molar-refractivity contribution in [3.05, 3.63) is 66.1 Å². The third kappa shape index (κ3) is 3.34. The van der Waals surface area contributed by atoms with Crippen molar-refractivity contribution in [3.63, 3.8) is 0 Å². The van der Waals surface area contributed by atoms with Crippen LogP contribution in [0.5, 0.6) is 0 Å². The monoisotopic (exact) mass is 439 g/mol. The van der Waals surface area contributed by atoms with E-state index in [1.807, 2.05) is 48.7 Å². The lowest BCUT2D eigenvalue weighted by atomic mass is 9.87. The maximum atomic E-state index is 12.4. The van der Waals surface area contributed by atoms with Crippen molar-refractivity contribution >= 4 is 17.4 Å². The number of pyridine rings is 1. The summed E-state index contributed by atoms with van der Waals surface area (Å²) in [5.74, 6) is -0.179. The Balaban J connectivity index is 1.45. The molecule has 8 heteroatoms. The molecule has 4 aromatic rings. The van der Waals surface area contributed by atoms with Crippen molar-refractivity contribution in [1.82, 2.24) is 24.9 Å². The first-order chi connectivity index (χ1) is 16.1. The zero-order chi connectivity index (χ0) is 22.5. The number of nitrogens with one attached hydrogen (secondary N) is 1. The van der Waals surface area contributed by atoms with Gasteiger partial charge in [0.2, 0.25) is 0 Å². The smallest absolute Gasteiger partial charge is 0.254 e. The fourth-order valence-electron chi connectivity index (χ4n) is 5.40. The highest BCUT2D eigenvalue weighted by Gasteiger charge is 2.37. The summed E-state index contributed by atoms with van der Waals surface area (Å²) in [5.41, 5.74) is 17.5. The van der Waals surface area contributed by atoms with Crippen LogP contribution in [0.15, 0.2) is 54.9 Å². The third-order valence-corrected chi connectivity index (χ3v) is 6.96. The molecule has 2 fully saturated rings. The number of nitrogens with two attached hydrogens (primary N) is 2. The second-order valence-corrected chi connectivity index (χ2v) is 9.02. The summed E-state index contributed by atoms with van der Waals surface area (Å²) in [5, 5.41) is 8.07. The number of carbonyl (C=O) groups excluding carboxylic acids is 1. The molecule has 1 aromatic carbocycles. The van der Waals surface area contributed by atoms with Gasteiger partial charge in [-0.15, -0.1) is 0 Å². The number of fused-ring (bicyclic) bond motifs is 3. The van der Waals surface area contributed by atoms with Gasteiger partial charge in [-0.25, -0.2) is 4.98 Å². The zero-order valence-electron chi connectivity index (χ0n) is 18.1. The van der Waals surface area contributed by atoms with Gasteiger partial charge in [-0.05, 0) is 31.7 Å². The summed E-state index contributed by atoms with van der Waals surface area (Å²) >= 11 is 0. The van der Waals surface area contributed by atoms with Crippen LogP contribution in [0.1, 0.15) is 47.7 Å². The standard InChI is InChI=1S/C25H25N7O/c26-23-21(24(27)33)22(16-10-17-7-8-18(11-16)30-17)31-25-19(13-29-32(23)25)15-6-9-20(28-12-15)14-4-2-1-3-5-14/h1-6,9,12-13,16-18,30H,7-8,10-11,26H2,(H2,27,33)/t16?,17-,18+. The molecule has 33 heavy (non-hydrogen) atoms. The molecular formula is C25H25N7O. The van der Waals surface area contributed by atoms with Gasteiger partial charge in [-0.1, -0.05) is 36.4 Å². The molecule has 6 rings (SSSR count). The highest BCUT2D eigenvalue weighted by molar-refractivity contribution is 5.99. The van der Waals surface area contributed by atoms with Crippen molar-refractivity contribution < 1.29 is 4.79 Å². The molecule has 2 aliphatic rings. The molecule has 166 valence electrons. The Morgan fingerprint density at radius 2 is 1.76 bits per heavy atom. The summed E-state index contributed by atoms with van der Waals surface area (Å²) in [6, 6.07) is 14.9. The minimum absolute atomic E-state index is 0.139. The normalized spacial score (nSPS) is 22.0. The summed E-state index contributed by atoms with van der Waals surface area (Å²) < 4.78 is 1.51. The molecule has 1 amide bonds. The molecule has 2 saturated heterocycles. The van der Waals surface area contributed by atoms with Gasteiger partial charge in [-0.3, -0.25) is 9.78 Å². The molecule has 8 nitrogen and oxygen atoms in total. The van der Waals surface area contributed by atoms with Crippen LogP contribution < -0.4 is 16.8 Å². The molecule has 2 bridgehead atoms. The van der Waals surface area contributed by atoms with Crippen LogP contribution in [-0.2, 0) is 0 Å². The van der Waals surface area contributed by atoms with E-state index in [1.54, 1.807) is 6.20 Å². The highest BCUT2D eigenvalue weighted by Crippen LogP contribution is 2.39. The van der Waals surface area contributed by atoms with Gasteiger partial charge >= 0.3 is 0 Å². The molecular weight excluding hydrogens is 414 g/mol. The predicted molar refractivity (Wildman–Crippen MR) is 127 cm³/mol. The summed E-state index contributed by atoms with van der Waals surface area (Å²) in [7, 11) is 0. The minimum atomic E-state index is -0.561. The number of benzene rings is 1. The number of piperidine rings is 1. The molecule has 5 N–H and O–H groups in total. The number of hydrogen-bond donors (Lipinski definition) is 3. The van der Waals surface area contributed by atoms with Gasteiger partial charge in [0.1, 0.15) is 11.4 Å². The Kier molecular flexibility index (Phi) is 4.62. The van der Waals surface area contributed by atoms with Crippen LogP contribution in [0.4, 0.5) is 5.82 Å². The third-order valence-electron chi connectivity index (χ3n) is 6.96. The number of nitrogen functional groups attached to an aromatic ring is 1. The minimum Gasteiger partial charge on any atom is -0.383 e. The Morgan fingerprint density at radius 1 is 1.00 bits per heavy atom. The van der Waals surface area contributed by atoms with Crippen molar-refractivity contribution in [2.75, 3.05) is 5.73 Å². The van der Waals surface area contributed by atoms with E-state index in [9.17, 15) is 4.79 Å². The van der Waals surface area contributed by atoms with E-state index >= 15 is 0 Å². The van der Waals surface area contributed by atoms with Gasteiger partial charge in [0.15, 0.2) is 5.65 Å². The molecule has 0 aliphatic carbocycles. The maximum absolute atomic E-state index is 12.4. The Labute approximate surface area is 191 Å². The van der Waals surface area contributed by atoms with E-state index in [2.05, 4.69) is 15.4 Å². The number of nitrogens with zero attached hydrogens (tertiary/aromatic N) is 4. The topological polar surface area (TPSA) is 124 Å². The average Bonchev–Trinajstić information content (AvgIpc) is 3.42. The largest absolute Gasteiger partial charge is 0.383 e. The van der Waals surface area contributed by atoms with Gasteiger partial charge < -0.3 is 16.8 Å². The number of aromatic nitrogens is 4. The Bertz CT molecular complexity index is 1330. The maximum Gasteiger partial charge on any atom is 0.254 e. The Hall–Kier alpha value is -3.78. The molecule has 2 aliphatic heterocycles. The van der Waals surface area contributed by atoms with Crippen molar-refractivity contribution in [3.8, 4) is 22.4 Å². The van der Waals surface area contributed by atoms with Gasteiger partial charge in [-0.2, -0.15) is 9.61 Å². The van der Waals surface area contributed by atoms with Crippen molar-refractivity contribution in [2.45, 2.75) is 43.7 Å². The van der Waals surface area contributed by atoms with Crippen molar-refractivity contribution in [1.29, 1.82) is 0 Å². The molecule has 0 spiro atoms.